The van der Waals surface area contributed by atoms with E-state index < -0.39 is 23.8 Å². The van der Waals surface area contributed by atoms with Crippen molar-refractivity contribution in [3.05, 3.63) is 35.1 Å². The van der Waals surface area contributed by atoms with Crippen molar-refractivity contribution < 1.29 is 13.2 Å². The van der Waals surface area contributed by atoms with Gasteiger partial charge >= 0.3 is 0 Å². The van der Waals surface area contributed by atoms with Crippen molar-refractivity contribution in [3.63, 3.8) is 0 Å². The second-order valence-corrected chi connectivity index (χ2v) is 4.63. The largest absolute Gasteiger partial charge is 0.310 e. The van der Waals surface area contributed by atoms with Gasteiger partial charge in [0.1, 0.15) is 5.82 Å². The molecular formula is C15H20F3N3. The number of nitrogens with one attached hydrogen (secondary N) is 2. The summed E-state index contributed by atoms with van der Waals surface area (Å²) in [5, 5.41) is 10.6. The molecule has 0 bridgehead atoms. The Morgan fingerprint density at radius 1 is 1.38 bits per heavy atom. The second kappa shape index (κ2) is 8.56. The standard InChI is InChI=1S/C15H20F3N3/c1-3-20-9-11(19)7-8-21-10(2)12-5-4-6-13(14(12)16)15(17)18/h4-6,9-10,15,19,21H,3,7-8H2,1-2H3/b19-11?,20-9-/t10-/m1/s1. The average Bonchev–Trinajstić information content (AvgIpc) is 2.44. The maximum Gasteiger partial charge on any atom is 0.266 e. The van der Waals surface area contributed by atoms with Crippen molar-refractivity contribution in [3.8, 4) is 0 Å². The molecule has 116 valence electrons. The van der Waals surface area contributed by atoms with Gasteiger partial charge in [0.25, 0.3) is 6.43 Å². The fraction of sp³-hybridized carbons (Fsp3) is 0.467. The summed E-state index contributed by atoms with van der Waals surface area (Å²) in [6.07, 6.45) is -0.885. The Morgan fingerprint density at radius 3 is 2.67 bits per heavy atom. The van der Waals surface area contributed by atoms with E-state index in [2.05, 4.69) is 10.3 Å². The molecule has 1 atom stereocenters. The molecule has 0 aromatic heterocycles. The van der Waals surface area contributed by atoms with E-state index in [0.717, 1.165) is 6.07 Å². The molecule has 3 nitrogen and oxygen atoms in total. The predicted molar refractivity (Wildman–Crippen MR) is 79.2 cm³/mol. The Bertz CT molecular complexity index is 501. The van der Waals surface area contributed by atoms with Gasteiger partial charge in [0, 0.05) is 37.3 Å². The fourth-order valence-corrected chi connectivity index (χ4v) is 1.87. The third-order valence-electron chi connectivity index (χ3n) is 3.03. The van der Waals surface area contributed by atoms with Gasteiger partial charge in [0.15, 0.2) is 0 Å². The van der Waals surface area contributed by atoms with Crippen molar-refractivity contribution in [2.75, 3.05) is 13.1 Å². The number of hydrogen-bond acceptors (Lipinski definition) is 3. The molecule has 0 aliphatic rings. The van der Waals surface area contributed by atoms with Gasteiger partial charge in [-0.25, -0.2) is 13.2 Å². The molecular weight excluding hydrogens is 279 g/mol. The first kappa shape index (κ1) is 17.4. The van der Waals surface area contributed by atoms with Crippen LogP contribution in [-0.2, 0) is 0 Å². The molecule has 0 aliphatic carbocycles. The minimum Gasteiger partial charge on any atom is -0.310 e. The van der Waals surface area contributed by atoms with E-state index in [1.54, 1.807) is 6.92 Å². The molecule has 1 aromatic rings. The van der Waals surface area contributed by atoms with Crippen LogP contribution in [0.4, 0.5) is 13.2 Å². The smallest absolute Gasteiger partial charge is 0.266 e. The Kier molecular flexibility index (Phi) is 7.08. The van der Waals surface area contributed by atoms with Crippen LogP contribution in [0, 0.1) is 11.2 Å². The van der Waals surface area contributed by atoms with E-state index in [9.17, 15) is 13.2 Å². The summed E-state index contributed by atoms with van der Waals surface area (Å²) in [6.45, 7) is 4.66. The zero-order chi connectivity index (χ0) is 15.8. The van der Waals surface area contributed by atoms with Crippen molar-refractivity contribution in [1.29, 1.82) is 5.41 Å². The lowest BCUT2D eigenvalue weighted by molar-refractivity contribution is 0.146. The Balaban J connectivity index is 2.60. The van der Waals surface area contributed by atoms with E-state index in [4.69, 9.17) is 5.41 Å². The van der Waals surface area contributed by atoms with Crippen LogP contribution in [0.2, 0.25) is 0 Å². The first-order chi connectivity index (χ1) is 9.97. The quantitative estimate of drug-likeness (QED) is 0.702. The monoisotopic (exact) mass is 299 g/mol. The average molecular weight is 299 g/mol. The Morgan fingerprint density at radius 2 is 2.05 bits per heavy atom. The zero-order valence-corrected chi connectivity index (χ0v) is 12.2. The van der Waals surface area contributed by atoms with E-state index in [1.165, 1.54) is 18.3 Å². The molecule has 0 spiro atoms. The molecule has 2 N–H and O–H groups in total. The van der Waals surface area contributed by atoms with Gasteiger partial charge in [-0.15, -0.1) is 0 Å². The van der Waals surface area contributed by atoms with Gasteiger partial charge in [0.2, 0.25) is 0 Å². The molecule has 6 heteroatoms. The summed E-state index contributed by atoms with van der Waals surface area (Å²) in [5.41, 5.74) is 0.00359. The van der Waals surface area contributed by atoms with Gasteiger partial charge in [-0.3, -0.25) is 4.99 Å². The minimum atomic E-state index is -2.82. The summed E-state index contributed by atoms with van der Waals surface area (Å²) in [5.74, 6) is -0.866. The van der Waals surface area contributed by atoms with Crippen LogP contribution in [0.25, 0.3) is 0 Å². The van der Waals surface area contributed by atoms with Crippen LogP contribution in [-0.4, -0.2) is 25.0 Å². The van der Waals surface area contributed by atoms with Crippen LogP contribution >= 0.6 is 0 Å². The summed E-state index contributed by atoms with van der Waals surface area (Å²) in [6, 6.07) is 3.60. The van der Waals surface area contributed by atoms with Crippen LogP contribution in [0.15, 0.2) is 23.2 Å². The molecule has 0 aliphatic heterocycles. The van der Waals surface area contributed by atoms with Crippen LogP contribution in [0.1, 0.15) is 43.9 Å². The fourth-order valence-electron chi connectivity index (χ4n) is 1.87. The zero-order valence-electron chi connectivity index (χ0n) is 12.2. The summed E-state index contributed by atoms with van der Waals surface area (Å²) in [4.78, 5) is 3.95. The molecule has 0 saturated carbocycles. The number of hydrogen-bond donors (Lipinski definition) is 2. The summed E-state index contributed by atoms with van der Waals surface area (Å²) >= 11 is 0. The highest BCUT2D eigenvalue weighted by atomic mass is 19.3. The van der Waals surface area contributed by atoms with Gasteiger partial charge in [-0.05, 0) is 13.8 Å². The molecule has 0 unspecified atom stereocenters. The van der Waals surface area contributed by atoms with Gasteiger partial charge in [0.05, 0.1) is 11.3 Å². The van der Waals surface area contributed by atoms with E-state index in [-0.39, 0.29) is 5.56 Å². The number of aliphatic imine (C=N–C) groups is 1. The molecule has 1 aromatic carbocycles. The minimum absolute atomic E-state index is 0.210. The van der Waals surface area contributed by atoms with Gasteiger partial charge in [-0.2, -0.15) is 0 Å². The molecule has 21 heavy (non-hydrogen) atoms. The summed E-state index contributed by atoms with van der Waals surface area (Å²) < 4.78 is 39.2. The van der Waals surface area contributed by atoms with E-state index in [0.29, 0.717) is 25.2 Å². The highest BCUT2D eigenvalue weighted by molar-refractivity contribution is 6.29. The third kappa shape index (κ3) is 5.30. The topological polar surface area (TPSA) is 48.2 Å². The number of halogens is 3. The summed E-state index contributed by atoms with van der Waals surface area (Å²) in [7, 11) is 0. The number of nitrogens with zero attached hydrogens (tertiary/aromatic N) is 1. The normalized spacial score (nSPS) is 13.0. The van der Waals surface area contributed by atoms with Gasteiger partial charge < -0.3 is 10.7 Å². The molecule has 1 rings (SSSR count). The molecule has 0 heterocycles. The van der Waals surface area contributed by atoms with Crippen molar-refractivity contribution >= 4 is 11.9 Å². The molecule has 0 radical (unpaired) electrons. The maximum atomic E-state index is 13.9. The Labute approximate surface area is 122 Å². The maximum absolute atomic E-state index is 13.9. The first-order valence-corrected chi connectivity index (χ1v) is 6.84. The second-order valence-electron chi connectivity index (χ2n) is 4.63. The number of benzene rings is 1. The third-order valence-corrected chi connectivity index (χ3v) is 3.03. The van der Waals surface area contributed by atoms with E-state index >= 15 is 0 Å². The highest BCUT2D eigenvalue weighted by Gasteiger charge is 2.18. The lowest BCUT2D eigenvalue weighted by Gasteiger charge is -2.16. The molecule has 0 saturated heterocycles. The van der Waals surface area contributed by atoms with Crippen molar-refractivity contribution in [1.82, 2.24) is 5.32 Å². The Hall–Kier alpha value is -1.69. The first-order valence-electron chi connectivity index (χ1n) is 6.84. The SMILES string of the molecule is CC/N=C\C(=N)CCN[C@H](C)c1cccc(C(F)F)c1F. The molecule has 0 amide bonds. The van der Waals surface area contributed by atoms with E-state index in [1.807, 2.05) is 6.92 Å². The van der Waals surface area contributed by atoms with Crippen LogP contribution in [0.5, 0.6) is 0 Å². The molecule has 0 fully saturated rings. The van der Waals surface area contributed by atoms with Crippen molar-refractivity contribution in [2.45, 2.75) is 32.7 Å². The lowest BCUT2D eigenvalue weighted by Crippen LogP contribution is -2.23. The van der Waals surface area contributed by atoms with Crippen LogP contribution in [0.3, 0.4) is 0 Å². The van der Waals surface area contributed by atoms with Crippen LogP contribution < -0.4 is 5.32 Å². The van der Waals surface area contributed by atoms with Crippen molar-refractivity contribution in [2.24, 2.45) is 4.99 Å². The van der Waals surface area contributed by atoms with Gasteiger partial charge in [-0.1, -0.05) is 18.2 Å². The number of alkyl halides is 2. The highest BCUT2D eigenvalue weighted by Crippen LogP contribution is 2.26. The number of rotatable bonds is 8. The lowest BCUT2D eigenvalue weighted by atomic mass is 10.0. The predicted octanol–water partition coefficient (Wildman–Crippen LogP) is 3.91.